The third-order valence-electron chi connectivity index (χ3n) is 1.45. The van der Waals surface area contributed by atoms with Crippen molar-refractivity contribution in [2.24, 2.45) is 0 Å². The van der Waals surface area contributed by atoms with Crippen molar-refractivity contribution in [3.63, 3.8) is 0 Å². The maximum Gasteiger partial charge on any atom is 0.0903 e. The van der Waals surface area contributed by atoms with Gasteiger partial charge in [0.05, 0.1) is 10.7 Å². The Morgan fingerprint density at radius 3 is 2.58 bits per heavy atom. The average molecular weight is 246 g/mol. The maximum absolute atomic E-state index is 4.34. The largest absolute Gasteiger partial charge is 0.246 e. The summed E-state index contributed by atoms with van der Waals surface area (Å²) < 4.78 is 0. The van der Waals surface area contributed by atoms with Gasteiger partial charge in [0.15, 0.2) is 0 Å². The fourth-order valence-electron chi connectivity index (χ4n) is 0.922. The van der Waals surface area contributed by atoms with Gasteiger partial charge in [0.1, 0.15) is 0 Å². The van der Waals surface area contributed by atoms with Gasteiger partial charge in [-0.1, -0.05) is 22.0 Å². The van der Waals surface area contributed by atoms with E-state index in [0.29, 0.717) is 4.83 Å². The second-order valence-corrected chi connectivity index (χ2v) is 5.40. The van der Waals surface area contributed by atoms with Gasteiger partial charge in [0, 0.05) is 9.70 Å². The van der Waals surface area contributed by atoms with Gasteiger partial charge in [0.25, 0.3) is 0 Å². The molecule has 1 aromatic heterocycles. The zero-order valence-corrected chi connectivity index (χ0v) is 9.87. The minimum absolute atomic E-state index is 0.430. The van der Waals surface area contributed by atoms with Gasteiger partial charge >= 0.3 is 0 Å². The molecule has 0 aliphatic heterocycles. The van der Waals surface area contributed by atoms with Crippen molar-refractivity contribution in [1.29, 1.82) is 0 Å². The first-order valence-electron chi connectivity index (χ1n) is 3.86. The van der Waals surface area contributed by atoms with E-state index in [1.165, 1.54) is 4.88 Å². The lowest BCUT2D eigenvalue weighted by molar-refractivity contribution is 1.19. The first-order valence-corrected chi connectivity index (χ1v) is 5.59. The second kappa shape index (κ2) is 4.19. The zero-order chi connectivity index (χ0) is 9.14. The van der Waals surface area contributed by atoms with Gasteiger partial charge in [-0.25, -0.2) is 4.98 Å². The number of hydrogen-bond donors (Lipinski definition) is 0. The Kier molecular flexibility index (Phi) is 3.47. The van der Waals surface area contributed by atoms with E-state index in [0.717, 1.165) is 10.7 Å². The molecule has 12 heavy (non-hydrogen) atoms. The summed E-state index contributed by atoms with van der Waals surface area (Å²) in [6.07, 6.45) is 4.25. The van der Waals surface area contributed by atoms with Gasteiger partial charge in [-0.05, 0) is 26.8 Å². The molecule has 0 N–H and O–H groups in total. The number of halogens is 1. The molecule has 66 valence electrons. The molecule has 0 aliphatic rings. The van der Waals surface area contributed by atoms with Crippen LogP contribution in [0.4, 0.5) is 0 Å². The number of alkyl halides is 1. The lowest BCUT2D eigenvalue weighted by Gasteiger charge is -1.90. The molecule has 0 aliphatic carbocycles. The zero-order valence-electron chi connectivity index (χ0n) is 7.47. The highest BCUT2D eigenvalue weighted by atomic mass is 79.9. The molecule has 1 heterocycles. The smallest absolute Gasteiger partial charge is 0.0903 e. The van der Waals surface area contributed by atoms with Crippen molar-refractivity contribution in [3.05, 3.63) is 21.7 Å². The Morgan fingerprint density at radius 1 is 1.50 bits per heavy atom. The molecule has 1 aromatic rings. The number of aromatic nitrogens is 1. The Balaban J connectivity index is 2.81. The van der Waals surface area contributed by atoms with E-state index >= 15 is 0 Å². The third-order valence-corrected chi connectivity index (χ3v) is 2.80. The molecule has 1 atom stereocenters. The van der Waals surface area contributed by atoms with Crippen molar-refractivity contribution in [3.8, 4) is 0 Å². The first kappa shape index (κ1) is 9.93. The summed E-state index contributed by atoms with van der Waals surface area (Å²) in [5, 5.41) is 1.13. The van der Waals surface area contributed by atoms with Crippen LogP contribution in [0.5, 0.6) is 0 Å². The predicted octanol–water partition coefficient (Wildman–Crippen LogP) is 3.56. The van der Waals surface area contributed by atoms with E-state index in [1.54, 1.807) is 11.3 Å². The molecule has 0 aromatic carbocycles. The number of thiazole rings is 1. The number of hydrogen-bond acceptors (Lipinski definition) is 2. The molecule has 1 rings (SSSR count). The van der Waals surface area contributed by atoms with Crippen LogP contribution in [0.3, 0.4) is 0 Å². The predicted molar refractivity (Wildman–Crippen MR) is 59.0 cm³/mol. The van der Waals surface area contributed by atoms with Gasteiger partial charge in [-0.15, -0.1) is 11.3 Å². The van der Waals surface area contributed by atoms with Gasteiger partial charge in [0.2, 0.25) is 0 Å². The fourth-order valence-corrected chi connectivity index (χ4v) is 1.92. The Bertz CT molecular complexity index is 289. The quantitative estimate of drug-likeness (QED) is 0.727. The summed E-state index contributed by atoms with van der Waals surface area (Å²) in [7, 11) is 0. The van der Waals surface area contributed by atoms with Crippen LogP contribution in [0, 0.1) is 13.8 Å². The lowest BCUT2D eigenvalue weighted by Crippen LogP contribution is -1.79. The van der Waals surface area contributed by atoms with Crippen LogP contribution in [-0.2, 0) is 0 Å². The monoisotopic (exact) mass is 245 g/mol. The molecule has 3 heteroatoms. The lowest BCUT2D eigenvalue weighted by atomic mass is 10.3. The Morgan fingerprint density at radius 2 is 2.17 bits per heavy atom. The molecule has 0 radical (unpaired) electrons. The SMILES string of the molecule is Cc1nc(C)c(/C=C/C(C)Br)s1. The molecular weight excluding hydrogens is 234 g/mol. The second-order valence-electron chi connectivity index (χ2n) is 2.72. The van der Waals surface area contributed by atoms with Crippen molar-refractivity contribution < 1.29 is 0 Å². The summed E-state index contributed by atoms with van der Waals surface area (Å²) in [5.41, 5.74) is 1.13. The van der Waals surface area contributed by atoms with Crippen LogP contribution in [0.25, 0.3) is 6.08 Å². The van der Waals surface area contributed by atoms with E-state index in [9.17, 15) is 0 Å². The van der Waals surface area contributed by atoms with Crippen LogP contribution < -0.4 is 0 Å². The standard InChI is InChI=1S/C9H12BrNS/c1-6(10)4-5-9-7(2)11-8(3)12-9/h4-6H,1-3H3/b5-4+. The first-order chi connectivity index (χ1) is 5.59. The molecule has 0 amide bonds. The molecule has 0 fully saturated rings. The highest BCUT2D eigenvalue weighted by Crippen LogP contribution is 2.19. The van der Waals surface area contributed by atoms with Crippen molar-refractivity contribution in [2.75, 3.05) is 0 Å². The minimum Gasteiger partial charge on any atom is -0.246 e. The van der Waals surface area contributed by atoms with E-state index in [1.807, 2.05) is 13.8 Å². The molecule has 0 saturated heterocycles. The maximum atomic E-state index is 4.34. The molecule has 1 unspecified atom stereocenters. The van der Waals surface area contributed by atoms with Crippen molar-refractivity contribution in [1.82, 2.24) is 4.98 Å². The Labute approximate surface area is 85.7 Å². The van der Waals surface area contributed by atoms with Gasteiger partial charge < -0.3 is 0 Å². The van der Waals surface area contributed by atoms with Crippen LogP contribution >= 0.6 is 27.3 Å². The fraction of sp³-hybridized carbons (Fsp3) is 0.444. The topological polar surface area (TPSA) is 12.9 Å². The Hall–Kier alpha value is -0.150. The average Bonchev–Trinajstić information content (AvgIpc) is 2.26. The summed E-state index contributed by atoms with van der Waals surface area (Å²) >= 11 is 5.20. The summed E-state index contributed by atoms with van der Waals surface area (Å²) in [6, 6.07) is 0. The summed E-state index contributed by atoms with van der Waals surface area (Å²) in [4.78, 5) is 6.03. The highest BCUT2D eigenvalue weighted by molar-refractivity contribution is 9.09. The highest BCUT2D eigenvalue weighted by Gasteiger charge is 2.00. The van der Waals surface area contributed by atoms with Crippen LogP contribution in [0.2, 0.25) is 0 Å². The summed E-state index contributed by atoms with van der Waals surface area (Å²) in [5.74, 6) is 0. The normalized spacial score (nSPS) is 14.0. The van der Waals surface area contributed by atoms with E-state index in [4.69, 9.17) is 0 Å². The van der Waals surface area contributed by atoms with E-state index < -0.39 is 0 Å². The van der Waals surface area contributed by atoms with Crippen molar-refractivity contribution >= 4 is 33.3 Å². The van der Waals surface area contributed by atoms with Crippen LogP contribution in [0.1, 0.15) is 22.5 Å². The molecule has 0 bridgehead atoms. The molecule has 0 spiro atoms. The third kappa shape index (κ3) is 2.72. The van der Waals surface area contributed by atoms with Crippen LogP contribution in [0.15, 0.2) is 6.08 Å². The van der Waals surface area contributed by atoms with E-state index in [-0.39, 0.29) is 0 Å². The molecule has 0 saturated carbocycles. The van der Waals surface area contributed by atoms with Crippen molar-refractivity contribution in [2.45, 2.75) is 25.6 Å². The van der Waals surface area contributed by atoms with Crippen LogP contribution in [-0.4, -0.2) is 9.81 Å². The van der Waals surface area contributed by atoms with Gasteiger partial charge in [-0.2, -0.15) is 0 Å². The minimum atomic E-state index is 0.430. The number of allylic oxidation sites excluding steroid dienone is 1. The molecule has 1 nitrogen and oxygen atoms in total. The van der Waals surface area contributed by atoms with E-state index in [2.05, 4.69) is 40.0 Å². The number of rotatable bonds is 2. The number of aryl methyl sites for hydroxylation is 2. The summed E-state index contributed by atoms with van der Waals surface area (Å²) in [6.45, 7) is 6.17. The molecular formula is C9H12BrNS. The van der Waals surface area contributed by atoms with Gasteiger partial charge in [-0.3, -0.25) is 0 Å². The number of nitrogens with zero attached hydrogens (tertiary/aromatic N) is 1.